The second kappa shape index (κ2) is 9.08. The van der Waals surface area contributed by atoms with E-state index in [2.05, 4.69) is 15.3 Å². The predicted octanol–water partition coefficient (Wildman–Crippen LogP) is 3.88. The molecule has 0 bridgehead atoms. The summed E-state index contributed by atoms with van der Waals surface area (Å²) in [7, 11) is 0. The Bertz CT molecular complexity index is 1200. The number of nitrogen functional groups attached to an aromatic ring is 1. The number of anilines is 2. The van der Waals surface area contributed by atoms with Crippen molar-refractivity contribution >= 4 is 17.3 Å². The molecule has 4 atom stereocenters. The van der Waals surface area contributed by atoms with Gasteiger partial charge in [0.15, 0.2) is 5.69 Å². The minimum Gasteiger partial charge on any atom is -0.397 e. The topological polar surface area (TPSA) is 121 Å². The highest BCUT2D eigenvalue weighted by atomic mass is 19.1. The number of halogens is 2. The third-order valence-electron chi connectivity index (χ3n) is 6.72. The number of aliphatic hydroxyl groups excluding tert-OH is 1. The molecule has 178 valence electrons. The maximum Gasteiger partial charge on any atom is 0.276 e. The van der Waals surface area contributed by atoms with Gasteiger partial charge < -0.3 is 21.3 Å². The number of carbonyl (C=O) groups excluding carboxylic acids is 1. The van der Waals surface area contributed by atoms with Crippen molar-refractivity contribution in [1.29, 1.82) is 0 Å². The Balaban J connectivity index is 1.64. The van der Waals surface area contributed by atoms with Gasteiger partial charge >= 0.3 is 0 Å². The van der Waals surface area contributed by atoms with Crippen molar-refractivity contribution in [3.63, 3.8) is 0 Å². The molecule has 1 fully saturated rings. The van der Waals surface area contributed by atoms with Crippen molar-refractivity contribution in [3.05, 3.63) is 71.7 Å². The normalized spacial score (nSPS) is 24.6. The number of rotatable bonds is 4. The average molecular weight is 469 g/mol. The van der Waals surface area contributed by atoms with Gasteiger partial charge in [-0.3, -0.25) is 9.78 Å². The Morgan fingerprint density at radius 3 is 2.56 bits per heavy atom. The zero-order chi connectivity index (χ0) is 24.6. The molecule has 0 saturated heterocycles. The van der Waals surface area contributed by atoms with Crippen LogP contribution < -0.4 is 11.1 Å². The summed E-state index contributed by atoms with van der Waals surface area (Å²) in [4.78, 5) is 21.3. The van der Waals surface area contributed by atoms with Gasteiger partial charge in [-0.05, 0) is 67.5 Å². The van der Waals surface area contributed by atoms with E-state index in [0.717, 1.165) is 17.7 Å². The summed E-state index contributed by atoms with van der Waals surface area (Å²) in [6.07, 6.45) is 3.05. The van der Waals surface area contributed by atoms with Crippen LogP contribution in [0.2, 0.25) is 0 Å². The van der Waals surface area contributed by atoms with Crippen LogP contribution in [0.15, 0.2) is 48.8 Å². The van der Waals surface area contributed by atoms with E-state index in [9.17, 15) is 23.8 Å². The van der Waals surface area contributed by atoms with E-state index >= 15 is 0 Å². The third-order valence-corrected chi connectivity index (χ3v) is 6.72. The number of amides is 1. The summed E-state index contributed by atoms with van der Waals surface area (Å²) in [5, 5.41) is 23.7. The summed E-state index contributed by atoms with van der Waals surface area (Å²) in [5.74, 6) is -2.59. The van der Waals surface area contributed by atoms with Crippen molar-refractivity contribution in [2.45, 2.75) is 44.3 Å². The summed E-state index contributed by atoms with van der Waals surface area (Å²) in [5.41, 5.74) is 5.36. The van der Waals surface area contributed by atoms with Crippen LogP contribution in [0, 0.1) is 17.6 Å². The highest BCUT2D eigenvalue weighted by Crippen LogP contribution is 2.43. The van der Waals surface area contributed by atoms with E-state index in [1.807, 2.05) is 6.92 Å². The molecule has 34 heavy (non-hydrogen) atoms. The Morgan fingerprint density at radius 1 is 1.18 bits per heavy atom. The van der Waals surface area contributed by atoms with Gasteiger partial charge in [0.25, 0.3) is 5.91 Å². The first-order valence-electron chi connectivity index (χ1n) is 11.0. The maximum atomic E-state index is 14.2. The van der Waals surface area contributed by atoms with Crippen LogP contribution in [0.1, 0.15) is 48.7 Å². The van der Waals surface area contributed by atoms with Crippen molar-refractivity contribution < 1.29 is 23.8 Å². The minimum atomic E-state index is -1.20. The van der Waals surface area contributed by atoms with Crippen molar-refractivity contribution in [2.24, 2.45) is 5.92 Å². The number of nitrogens with zero attached hydrogens (tertiary/aromatic N) is 2. The van der Waals surface area contributed by atoms with Crippen LogP contribution >= 0.6 is 0 Å². The summed E-state index contributed by atoms with van der Waals surface area (Å²) >= 11 is 0. The number of hydrogen-bond acceptors (Lipinski definition) is 6. The molecular weight excluding hydrogens is 442 g/mol. The van der Waals surface area contributed by atoms with E-state index in [-0.39, 0.29) is 34.5 Å². The molecule has 2 heterocycles. The van der Waals surface area contributed by atoms with Crippen LogP contribution in [-0.2, 0) is 0 Å². The minimum absolute atomic E-state index is 0.0428. The van der Waals surface area contributed by atoms with Crippen LogP contribution in [0.3, 0.4) is 0 Å². The fourth-order valence-corrected chi connectivity index (χ4v) is 4.43. The third kappa shape index (κ3) is 4.36. The summed E-state index contributed by atoms with van der Waals surface area (Å²) < 4.78 is 28.5. The number of hydrogen-bond donors (Lipinski definition) is 4. The standard InChI is InChI=1S/C25H26F2N4O3/c1-13-10-14(11-21(32)25(13,2)34)15-8-9-29-12-20(15)31-24(33)23-18(28)6-7-19(30-23)22-16(26)4-3-5-17(22)27/h3-9,12-14,21,32,34H,10-11,28H2,1-2H3,(H,31,33). The van der Waals surface area contributed by atoms with Crippen LogP contribution in [0.25, 0.3) is 11.3 Å². The molecule has 1 aliphatic carbocycles. The molecule has 0 aliphatic heterocycles. The molecule has 1 saturated carbocycles. The van der Waals surface area contributed by atoms with Gasteiger partial charge in [0.1, 0.15) is 11.6 Å². The molecule has 1 aromatic carbocycles. The Kier molecular flexibility index (Phi) is 6.33. The lowest BCUT2D eigenvalue weighted by Gasteiger charge is -2.43. The SMILES string of the molecule is CC1CC(c2ccncc2NC(=O)c2nc(-c3c(F)cccc3F)ccc2N)CC(O)C1(C)O. The van der Waals surface area contributed by atoms with E-state index in [1.165, 1.54) is 24.4 Å². The van der Waals surface area contributed by atoms with Crippen molar-refractivity contribution in [1.82, 2.24) is 9.97 Å². The van der Waals surface area contributed by atoms with E-state index < -0.39 is 29.2 Å². The molecule has 0 spiro atoms. The van der Waals surface area contributed by atoms with Gasteiger partial charge in [-0.1, -0.05) is 13.0 Å². The lowest BCUT2D eigenvalue weighted by atomic mass is 9.69. The highest BCUT2D eigenvalue weighted by molar-refractivity contribution is 6.06. The molecule has 3 aromatic rings. The maximum absolute atomic E-state index is 14.2. The number of pyridine rings is 2. The molecule has 0 radical (unpaired) electrons. The lowest BCUT2D eigenvalue weighted by Crippen LogP contribution is -2.49. The summed E-state index contributed by atoms with van der Waals surface area (Å²) in [6, 6.07) is 7.92. The largest absolute Gasteiger partial charge is 0.397 e. The number of nitrogens with one attached hydrogen (secondary N) is 1. The first-order chi connectivity index (χ1) is 16.1. The Hall–Kier alpha value is -3.43. The molecule has 9 heteroatoms. The first kappa shape index (κ1) is 23.7. The van der Waals surface area contributed by atoms with Gasteiger partial charge in [-0.15, -0.1) is 0 Å². The molecule has 4 unspecified atom stereocenters. The first-order valence-corrected chi connectivity index (χ1v) is 11.0. The second-order valence-corrected chi connectivity index (χ2v) is 8.96. The molecule has 5 N–H and O–H groups in total. The fourth-order valence-electron chi connectivity index (χ4n) is 4.43. The number of nitrogens with two attached hydrogens (primary N) is 1. The molecular formula is C25H26F2N4O3. The molecule has 2 aromatic heterocycles. The zero-order valence-electron chi connectivity index (χ0n) is 18.8. The Labute approximate surface area is 195 Å². The van der Waals surface area contributed by atoms with Crippen molar-refractivity contribution in [3.8, 4) is 11.3 Å². The van der Waals surface area contributed by atoms with Crippen molar-refractivity contribution in [2.75, 3.05) is 11.1 Å². The van der Waals surface area contributed by atoms with Gasteiger partial charge in [0, 0.05) is 6.20 Å². The monoisotopic (exact) mass is 468 g/mol. The molecule has 7 nitrogen and oxygen atoms in total. The number of aliphatic hydroxyl groups is 2. The van der Waals surface area contributed by atoms with Gasteiger partial charge in [-0.25, -0.2) is 13.8 Å². The van der Waals surface area contributed by atoms with Gasteiger partial charge in [0.2, 0.25) is 0 Å². The predicted molar refractivity (Wildman–Crippen MR) is 124 cm³/mol. The fraction of sp³-hybridized carbons (Fsp3) is 0.320. The number of carbonyl (C=O) groups is 1. The smallest absolute Gasteiger partial charge is 0.276 e. The van der Waals surface area contributed by atoms with Crippen LogP contribution in [-0.4, -0.2) is 37.8 Å². The van der Waals surface area contributed by atoms with Gasteiger partial charge in [-0.2, -0.15) is 0 Å². The van der Waals surface area contributed by atoms with Gasteiger partial charge in [0.05, 0.1) is 40.5 Å². The second-order valence-electron chi connectivity index (χ2n) is 8.96. The molecule has 1 aliphatic rings. The molecule has 1 amide bonds. The Morgan fingerprint density at radius 2 is 1.88 bits per heavy atom. The van der Waals surface area contributed by atoms with Crippen LogP contribution in [0.5, 0.6) is 0 Å². The zero-order valence-corrected chi connectivity index (χ0v) is 18.8. The van der Waals surface area contributed by atoms with E-state index in [4.69, 9.17) is 5.73 Å². The quantitative estimate of drug-likeness (QED) is 0.461. The average Bonchev–Trinajstić information content (AvgIpc) is 2.78. The molecule has 4 rings (SSSR count). The van der Waals surface area contributed by atoms with E-state index in [0.29, 0.717) is 18.5 Å². The van der Waals surface area contributed by atoms with E-state index in [1.54, 1.807) is 19.2 Å². The van der Waals surface area contributed by atoms with Crippen LogP contribution in [0.4, 0.5) is 20.2 Å². The lowest BCUT2D eigenvalue weighted by molar-refractivity contribution is -0.123. The summed E-state index contributed by atoms with van der Waals surface area (Å²) in [6.45, 7) is 3.49. The number of benzene rings is 1. The number of aromatic nitrogens is 2. The highest BCUT2D eigenvalue weighted by Gasteiger charge is 2.43.